The van der Waals surface area contributed by atoms with E-state index in [0.29, 0.717) is 13.0 Å². The van der Waals surface area contributed by atoms with Crippen LogP contribution in [-0.2, 0) is 4.74 Å². The van der Waals surface area contributed by atoms with Crippen molar-refractivity contribution in [3.05, 3.63) is 12.7 Å². The van der Waals surface area contributed by atoms with Crippen molar-refractivity contribution >= 4 is 0 Å². The van der Waals surface area contributed by atoms with Crippen LogP contribution in [0.4, 0.5) is 0 Å². The third-order valence-corrected chi connectivity index (χ3v) is 2.12. The van der Waals surface area contributed by atoms with Crippen LogP contribution in [-0.4, -0.2) is 35.1 Å². The zero-order valence-electron chi connectivity index (χ0n) is 7.15. The number of rotatable bonds is 3. The Morgan fingerprint density at radius 2 is 2.42 bits per heavy atom. The molecule has 3 nitrogen and oxygen atoms in total. The Bertz CT molecular complexity index is 147. The summed E-state index contributed by atoms with van der Waals surface area (Å²) in [5.74, 6) is 0. The first kappa shape index (κ1) is 9.71. The van der Waals surface area contributed by atoms with Gasteiger partial charge >= 0.3 is 0 Å². The highest BCUT2D eigenvalue weighted by molar-refractivity contribution is 4.84. The second-order valence-electron chi connectivity index (χ2n) is 3.14. The molecule has 0 saturated carbocycles. The Morgan fingerprint density at radius 1 is 1.67 bits per heavy atom. The van der Waals surface area contributed by atoms with Gasteiger partial charge in [-0.2, -0.15) is 0 Å². The number of hydrogen-bond donors (Lipinski definition) is 2. The van der Waals surface area contributed by atoms with Crippen LogP contribution in [0.3, 0.4) is 0 Å². The summed E-state index contributed by atoms with van der Waals surface area (Å²) >= 11 is 0. The fraction of sp³-hybridized carbons (Fsp3) is 0.778. The van der Waals surface area contributed by atoms with Crippen LogP contribution in [0.2, 0.25) is 0 Å². The second kappa shape index (κ2) is 4.60. The van der Waals surface area contributed by atoms with Crippen LogP contribution in [0, 0.1) is 0 Å². The van der Waals surface area contributed by atoms with E-state index in [0.717, 1.165) is 12.8 Å². The molecule has 1 heterocycles. The minimum atomic E-state index is -0.613. The lowest BCUT2D eigenvalue weighted by Gasteiger charge is -2.31. The number of aliphatic hydroxyl groups excluding tert-OH is 2. The molecule has 1 saturated heterocycles. The quantitative estimate of drug-likeness (QED) is 0.608. The van der Waals surface area contributed by atoms with Crippen molar-refractivity contribution in [3.8, 4) is 0 Å². The van der Waals surface area contributed by atoms with Crippen molar-refractivity contribution in [1.29, 1.82) is 0 Å². The molecule has 1 aliphatic rings. The van der Waals surface area contributed by atoms with Gasteiger partial charge < -0.3 is 14.9 Å². The monoisotopic (exact) mass is 172 g/mol. The fourth-order valence-electron chi connectivity index (χ4n) is 1.46. The average molecular weight is 172 g/mol. The minimum absolute atomic E-state index is 0.420. The molecule has 12 heavy (non-hydrogen) atoms. The maximum Gasteiger partial charge on any atom is 0.109 e. The maximum absolute atomic E-state index is 9.49. The molecule has 0 aromatic carbocycles. The van der Waals surface area contributed by atoms with E-state index >= 15 is 0 Å². The fourth-order valence-corrected chi connectivity index (χ4v) is 1.46. The van der Waals surface area contributed by atoms with Crippen molar-refractivity contribution in [2.75, 3.05) is 6.61 Å². The van der Waals surface area contributed by atoms with Crippen LogP contribution in [0.1, 0.15) is 19.3 Å². The molecule has 1 rings (SSSR count). The zero-order chi connectivity index (χ0) is 8.97. The molecule has 3 heteroatoms. The molecule has 3 atom stereocenters. The molecular formula is C9H16O3. The van der Waals surface area contributed by atoms with Gasteiger partial charge in [-0.1, -0.05) is 6.08 Å². The zero-order valence-corrected chi connectivity index (χ0v) is 7.15. The Balaban J connectivity index is 2.41. The lowest BCUT2D eigenvalue weighted by atomic mass is 9.99. The highest BCUT2D eigenvalue weighted by atomic mass is 16.5. The SMILES string of the molecule is C=CCC(O)C1OCCCC1O. The summed E-state index contributed by atoms with van der Waals surface area (Å²) in [6, 6.07) is 0. The molecule has 0 bridgehead atoms. The Hall–Kier alpha value is -0.380. The predicted octanol–water partition coefficient (Wildman–Crippen LogP) is 0.463. The van der Waals surface area contributed by atoms with E-state index in [2.05, 4.69) is 6.58 Å². The van der Waals surface area contributed by atoms with Crippen molar-refractivity contribution in [2.45, 2.75) is 37.6 Å². The minimum Gasteiger partial charge on any atom is -0.390 e. The third-order valence-electron chi connectivity index (χ3n) is 2.12. The molecule has 70 valence electrons. The van der Waals surface area contributed by atoms with E-state index in [1.807, 2.05) is 0 Å². The van der Waals surface area contributed by atoms with Gasteiger partial charge in [0.25, 0.3) is 0 Å². The van der Waals surface area contributed by atoms with Crippen LogP contribution in [0.5, 0.6) is 0 Å². The molecule has 1 fully saturated rings. The maximum atomic E-state index is 9.49. The molecule has 1 aliphatic heterocycles. The standard InChI is InChI=1S/C9H16O3/c1-2-4-7(10)9-8(11)5-3-6-12-9/h2,7-11H,1,3-6H2. The van der Waals surface area contributed by atoms with Gasteiger partial charge in [0.1, 0.15) is 6.10 Å². The van der Waals surface area contributed by atoms with Gasteiger partial charge in [-0.3, -0.25) is 0 Å². The molecule has 0 aliphatic carbocycles. The van der Waals surface area contributed by atoms with Crippen molar-refractivity contribution < 1.29 is 14.9 Å². The van der Waals surface area contributed by atoms with E-state index in [9.17, 15) is 10.2 Å². The highest BCUT2D eigenvalue weighted by Gasteiger charge is 2.29. The van der Waals surface area contributed by atoms with Gasteiger partial charge in [-0.05, 0) is 19.3 Å². The number of aliphatic hydroxyl groups is 2. The molecule has 2 N–H and O–H groups in total. The van der Waals surface area contributed by atoms with E-state index in [-0.39, 0.29) is 0 Å². The van der Waals surface area contributed by atoms with Gasteiger partial charge in [0.2, 0.25) is 0 Å². The van der Waals surface area contributed by atoms with Crippen molar-refractivity contribution in [1.82, 2.24) is 0 Å². The summed E-state index contributed by atoms with van der Waals surface area (Å²) in [5.41, 5.74) is 0. The number of hydrogen-bond acceptors (Lipinski definition) is 3. The van der Waals surface area contributed by atoms with Crippen LogP contribution >= 0.6 is 0 Å². The Morgan fingerprint density at radius 3 is 3.00 bits per heavy atom. The van der Waals surface area contributed by atoms with Gasteiger partial charge in [0, 0.05) is 6.61 Å². The second-order valence-corrected chi connectivity index (χ2v) is 3.14. The van der Waals surface area contributed by atoms with Gasteiger partial charge in [-0.25, -0.2) is 0 Å². The first-order valence-corrected chi connectivity index (χ1v) is 4.34. The molecule has 3 unspecified atom stereocenters. The van der Waals surface area contributed by atoms with Crippen molar-refractivity contribution in [2.24, 2.45) is 0 Å². The van der Waals surface area contributed by atoms with E-state index in [4.69, 9.17) is 4.74 Å². The molecular weight excluding hydrogens is 156 g/mol. The predicted molar refractivity (Wildman–Crippen MR) is 45.8 cm³/mol. The lowest BCUT2D eigenvalue weighted by molar-refractivity contribution is -0.125. The van der Waals surface area contributed by atoms with Gasteiger partial charge in [0.15, 0.2) is 0 Å². The normalized spacial score (nSPS) is 32.8. The Kier molecular flexibility index (Phi) is 3.72. The van der Waals surface area contributed by atoms with Crippen molar-refractivity contribution in [3.63, 3.8) is 0 Å². The summed E-state index contributed by atoms with van der Waals surface area (Å²) in [7, 11) is 0. The smallest absolute Gasteiger partial charge is 0.109 e. The van der Waals surface area contributed by atoms with E-state index in [1.165, 1.54) is 0 Å². The lowest BCUT2D eigenvalue weighted by Crippen LogP contribution is -2.42. The molecule has 0 radical (unpaired) electrons. The Labute approximate surface area is 72.7 Å². The first-order chi connectivity index (χ1) is 5.75. The summed E-state index contributed by atoms with van der Waals surface area (Å²) in [6.07, 6.45) is 2.15. The van der Waals surface area contributed by atoms with E-state index in [1.54, 1.807) is 6.08 Å². The molecule has 0 amide bonds. The van der Waals surface area contributed by atoms with Gasteiger partial charge in [-0.15, -0.1) is 6.58 Å². The summed E-state index contributed by atoms with van der Waals surface area (Å²) in [6.45, 7) is 4.16. The average Bonchev–Trinajstić information content (AvgIpc) is 2.05. The van der Waals surface area contributed by atoms with Crippen LogP contribution in [0.15, 0.2) is 12.7 Å². The molecule has 0 aromatic heterocycles. The van der Waals surface area contributed by atoms with Gasteiger partial charge in [0.05, 0.1) is 12.2 Å². The summed E-state index contributed by atoms with van der Waals surface area (Å²) < 4.78 is 5.26. The largest absolute Gasteiger partial charge is 0.390 e. The molecule has 0 spiro atoms. The summed E-state index contributed by atoms with van der Waals surface area (Å²) in [5, 5.41) is 18.9. The number of ether oxygens (including phenoxy) is 1. The summed E-state index contributed by atoms with van der Waals surface area (Å²) in [4.78, 5) is 0. The van der Waals surface area contributed by atoms with Crippen LogP contribution < -0.4 is 0 Å². The molecule has 0 aromatic rings. The third kappa shape index (κ3) is 2.30. The highest BCUT2D eigenvalue weighted by Crippen LogP contribution is 2.18. The first-order valence-electron chi connectivity index (χ1n) is 4.34. The topological polar surface area (TPSA) is 49.7 Å². The van der Waals surface area contributed by atoms with E-state index < -0.39 is 18.3 Å². The van der Waals surface area contributed by atoms with Crippen LogP contribution in [0.25, 0.3) is 0 Å².